The number of nitrogens with one attached hydrogen (secondary N) is 1. The summed E-state index contributed by atoms with van der Waals surface area (Å²) in [6.45, 7) is -3.56. The number of aromatic amines is 1. The van der Waals surface area contributed by atoms with E-state index in [9.17, 15) is 9.69 Å². The van der Waals surface area contributed by atoms with Gasteiger partial charge in [0.2, 0.25) is 5.78 Å². The number of imidazole rings is 3. The molecule has 214 valence electrons. The Kier molecular flexibility index (Phi) is 6.00. The highest BCUT2D eigenvalue weighted by molar-refractivity contribution is 8.07. The number of hydrogen-bond acceptors (Lipinski definition) is 13. The molecule has 3 aliphatic rings. The molecule has 8 rings (SSSR count). The highest BCUT2D eigenvalue weighted by Gasteiger charge is 2.50. The predicted molar refractivity (Wildman–Crippen MR) is 146 cm³/mol. The Balaban J connectivity index is 1.09. The molecule has 8 atom stereocenters. The van der Waals surface area contributed by atoms with E-state index in [0.29, 0.717) is 35.4 Å². The van der Waals surface area contributed by atoms with Crippen molar-refractivity contribution in [3.8, 4) is 0 Å². The molecule has 7 heterocycles. The first-order chi connectivity index (χ1) is 19.9. The number of ether oxygens (including phenoxy) is 1. The van der Waals surface area contributed by atoms with E-state index in [2.05, 4.69) is 29.9 Å². The molecule has 0 aromatic carbocycles. The first-order valence-corrected chi connectivity index (χ1v) is 16.0. The lowest BCUT2D eigenvalue weighted by atomic mass is 9.85. The van der Waals surface area contributed by atoms with Gasteiger partial charge in [0, 0.05) is 25.2 Å². The second kappa shape index (κ2) is 9.55. The van der Waals surface area contributed by atoms with E-state index in [0.717, 1.165) is 0 Å². The van der Waals surface area contributed by atoms with Crippen LogP contribution in [0.2, 0.25) is 0 Å². The molecule has 1 saturated carbocycles. The third-order valence-corrected chi connectivity index (χ3v) is 9.75. The van der Waals surface area contributed by atoms with Crippen LogP contribution < -0.4 is 11.3 Å². The van der Waals surface area contributed by atoms with Crippen molar-refractivity contribution in [3.63, 3.8) is 0 Å². The summed E-state index contributed by atoms with van der Waals surface area (Å²) in [5, 5.41) is 0. The zero-order chi connectivity index (χ0) is 27.9. The van der Waals surface area contributed by atoms with Crippen molar-refractivity contribution < 1.29 is 27.7 Å². The third kappa shape index (κ3) is 4.21. The number of nitrogen functional groups attached to an aromatic ring is 1. The number of anilines is 1. The van der Waals surface area contributed by atoms with Gasteiger partial charge < -0.3 is 38.0 Å². The Morgan fingerprint density at radius 3 is 2.83 bits per heavy atom. The minimum Gasteiger partial charge on any atom is -0.382 e. The van der Waals surface area contributed by atoms with Gasteiger partial charge in [0.1, 0.15) is 24.1 Å². The smallest absolute Gasteiger partial charge is 0.325 e. The van der Waals surface area contributed by atoms with Gasteiger partial charge in [-0.25, -0.2) is 24.9 Å². The zero-order valence-corrected chi connectivity index (χ0v) is 23.6. The molecular formula is C21H22N10O7P2S. The monoisotopic (exact) mass is 620 g/mol. The van der Waals surface area contributed by atoms with Gasteiger partial charge in [-0.1, -0.05) is 0 Å². The topological polar surface area (TPSA) is 204 Å². The lowest BCUT2D eigenvalue weighted by Crippen LogP contribution is -2.49. The van der Waals surface area contributed by atoms with E-state index in [1.807, 2.05) is 4.57 Å². The van der Waals surface area contributed by atoms with E-state index >= 15 is 0 Å². The van der Waals surface area contributed by atoms with E-state index in [4.69, 9.17) is 40.4 Å². The molecule has 20 heteroatoms. The molecule has 41 heavy (non-hydrogen) atoms. The molecule has 2 unspecified atom stereocenters. The highest BCUT2D eigenvalue weighted by Crippen LogP contribution is 2.55. The van der Waals surface area contributed by atoms with E-state index in [1.165, 1.54) is 12.7 Å². The van der Waals surface area contributed by atoms with Crippen molar-refractivity contribution in [3.05, 3.63) is 41.7 Å². The van der Waals surface area contributed by atoms with Crippen LogP contribution in [-0.2, 0) is 34.6 Å². The van der Waals surface area contributed by atoms with E-state index in [-0.39, 0.29) is 44.7 Å². The predicted octanol–water partition coefficient (Wildman–Crippen LogP) is 0.938. The van der Waals surface area contributed by atoms with Gasteiger partial charge in [0.15, 0.2) is 37.9 Å². The molecule has 5 aromatic rings. The fraction of sp³-hybridized carbons (Fsp3) is 0.429. The summed E-state index contributed by atoms with van der Waals surface area (Å²) in [6, 6.07) is -0.283. The second-order valence-corrected chi connectivity index (χ2v) is 13.3. The van der Waals surface area contributed by atoms with Crippen LogP contribution >= 0.6 is 15.8 Å². The number of H-pyrrole nitrogens is 1. The first kappa shape index (κ1) is 25.8. The van der Waals surface area contributed by atoms with Crippen LogP contribution in [0.5, 0.6) is 0 Å². The molecule has 3 fully saturated rings. The second-order valence-electron chi connectivity index (χ2n) is 9.90. The molecule has 1 aliphatic carbocycles. The Labute approximate surface area is 236 Å². The maximum Gasteiger partial charge on any atom is 0.325 e. The largest absolute Gasteiger partial charge is 0.382 e. The fourth-order valence-corrected chi connectivity index (χ4v) is 8.15. The summed E-state index contributed by atoms with van der Waals surface area (Å²) in [5.41, 5.74) is 7.32. The van der Waals surface area contributed by atoms with Crippen molar-refractivity contribution in [1.82, 2.24) is 43.4 Å². The van der Waals surface area contributed by atoms with Crippen LogP contribution in [0.1, 0.15) is 25.1 Å². The molecule has 5 aromatic heterocycles. The maximum absolute atomic E-state index is 12.6. The van der Waals surface area contributed by atoms with Crippen molar-refractivity contribution in [2.24, 2.45) is 0 Å². The average molecular weight is 620 g/mol. The van der Waals surface area contributed by atoms with Crippen molar-refractivity contribution >= 4 is 61.5 Å². The van der Waals surface area contributed by atoms with E-state index in [1.54, 1.807) is 27.7 Å². The number of rotatable bonds is 2. The fourth-order valence-electron chi connectivity index (χ4n) is 5.61. The van der Waals surface area contributed by atoms with E-state index < -0.39 is 31.3 Å². The summed E-state index contributed by atoms with van der Waals surface area (Å²) in [4.78, 5) is 47.6. The molecular weight excluding hydrogens is 598 g/mol. The summed E-state index contributed by atoms with van der Waals surface area (Å²) >= 11 is 5.47. The van der Waals surface area contributed by atoms with Gasteiger partial charge in [0.25, 0.3) is 5.56 Å². The lowest BCUT2D eigenvalue weighted by molar-refractivity contribution is -0.0732. The zero-order valence-electron chi connectivity index (χ0n) is 20.9. The number of nitrogens with zero attached hydrogens (tertiary/aromatic N) is 8. The van der Waals surface area contributed by atoms with Crippen LogP contribution in [0.3, 0.4) is 0 Å². The van der Waals surface area contributed by atoms with Crippen LogP contribution in [-0.4, -0.2) is 79.4 Å². The minimum atomic E-state index is -3.77. The average Bonchev–Trinajstić information content (AvgIpc) is 3.71. The van der Waals surface area contributed by atoms with Crippen LogP contribution in [0.15, 0.2) is 36.2 Å². The van der Waals surface area contributed by atoms with Gasteiger partial charge in [0.05, 0.1) is 37.5 Å². The summed E-state index contributed by atoms with van der Waals surface area (Å²) in [5.74, 6) is 0.629. The molecule has 4 N–H and O–H groups in total. The minimum absolute atomic E-state index is 0.217. The quantitative estimate of drug-likeness (QED) is 0.235. The van der Waals surface area contributed by atoms with Crippen LogP contribution in [0, 0.1) is 0 Å². The maximum atomic E-state index is 12.6. The molecule has 0 spiro atoms. The molecule has 2 saturated heterocycles. The number of fused-ring (bicyclic) bond motifs is 7. The Hall–Kier alpha value is -2.92. The van der Waals surface area contributed by atoms with Crippen molar-refractivity contribution in [1.29, 1.82) is 0 Å². The first-order valence-electron chi connectivity index (χ1n) is 12.6. The van der Waals surface area contributed by atoms with Gasteiger partial charge in [-0.2, -0.15) is 0 Å². The number of aromatic nitrogens is 9. The van der Waals surface area contributed by atoms with Crippen LogP contribution in [0.4, 0.5) is 5.82 Å². The normalized spacial score (nSPS) is 33.1. The number of hydrogen-bond donors (Lipinski definition) is 3. The molecule has 0 radical (unpaired) electrons. The Morgan fingerprint density at radius 1 is 1.10 bits per heavy atom. The molecule has 2 aliphatic heterocycles. The van der Waals surface area contributed by atoms with Gasteiger partial charge in [-0.05, 0) is 11.8 Å². The lowest BCUT2D eigenvalue weighted by Gasteiger charge is -2.45. The summed E-state index contributed by atoms with van der Waals surface area (Å²) < 4.78 is 35.6. The van der Waals surface area contributed by atoms with Gasteiger partial charge >= 0.3 is 6.72 Å². The molecule has 0 amide bonds. The summed E-state index contributed by atoms with van der Waals surface area (Å²) in [7, 11) is -0.347. The third-order valence-electron chi connectivity index (χ3n) is 7.51. The standard InChI is InChI=1S/C21H22N10O7P2S/c22-16-13-17(25-6-24-16)31(8-26-13)20-12-3-9(35-20)5-34-39-36-15-10(4-11(15)37-40(33,41)38-12)30-7-27-14-18(32)28-21-23-1-2-29(21)19(14)30/h1-2,6-12,15,20,39H,3-5H2,(H,33,41)(H2,22,24,25)(H,23,28,32)/t9-,10+,11-,12+,15-,20+,40?/m0/s1. The summed E-state index contributed by atoms with van der Waals surface area (Å²) in [6.07, 6.45) is 5.64. The van der Waals surface area contributed by atoms with Gasteiger partial charge in [-0.15, -0.1) is 0 Å². The number of nitrogens with two attached hydrogens (primary N) is 1. The Bertz CT molecular complexity index is 1910. The molecule has 2 bridgehead atoms. The Morgan fingerprint density at radius 2 is 1.93 bits per heavy atom. The van der Waals surface area contributed by atoms with Gasteiger partial charge in [-0.3, -0.25) is 18.7 Å². The SMILES string of the molecule is Nc1ncnc2c1ncn2[C@@H]1O[C@@H]2COPO[C@@H]3[C@H](C[C@H]3n3cnc4c(=O)[nH]c5nccn5c43)OP(O)(=S)O[C@@H]1C2. The molecule has 17 nitrogen and oxygen atoms in total. The van der Waals surface area contributed by atoms with Crippen molar-refractivity contribution in [2.75, 3.05) is 12.3 Å². The van der Waals surface area contributed by atoms with Crippen molar-refractivity contribution in [2.45, 2.75) is 49.5 Å². The highest BCUT2D eigenvalue weighted by atomic mass is 32.5. The van der Waals surface area contributed by atoms with Crippen LogP contribution in [0.25, 0.3) is 28.1 Å².